The number of furan rings is 1. The summed E-state index contributed by atoms with van der Waals surface area (Å²) in [5.41, 5.74) is 0.00234. The molecule has 2 aromatic rings. The fourth-order valence-corrected chi connectivity index (χ4v) is 4.46. The van der Waals surface area contributed by atoms with E-state index in [1.165, 1.54) is 16.4 Å². The van der Waals surface area contributed by atoms with Gasteiger partial charge in [0.15, 0.2) is 0 Å². The van der Waals surface area contributed by atoms with Crippen LogP contribution in [0.15, 0.2) is 39.6 Å². The molecule has 9 nitrogen and oxygen atoms in total. The molecule has 3 rings (SSSR count). The average molecular weight is 395 g/mol. The van der Waals surface area contributed by atoms with E-state index >= 15 is 0 Å². The number of hydrogen-bond donors (Lipinski definition) is 1. The molecule has 1 unspecified atom stereocenters. The second-order valence-corrected chi connectivity index (χ2v) is 8.17. The van der Waals surface area contributed by atoms with Gasteiger partial charge < -0.3 is 14.5 Å². The normalized spacial score (nSPS) is 16.8. The van der Waals surface area contributed by atoms with Crippen molar-refractivity contribution in [1.82, 2.24) is 4.31 Å². The summed E-state index contributed by atoms with van der Waals surface area (Å²) in [4.78, 5) is 10.4. The van der Waals surface area contributed by atoms with Crippen molar-refractivity contribution < 1.29 is 22.5 Å². The van der Waals surface area contributed by atoms with Gasteiger partial charge >= 0.3 is 0 Å². The number of anilines is 1. The number of rotatable bonds is 6. The summed E-state index contributed by atoms with van der Waals surface area (Å²) in [7, 11) is -3.92. The molecular formula is C17H21N3O6S. The number of ether oxygens (including phenoxy) is 1. The zero-order valence-corrected chi connectivity index (χ0v) is 15.9. The number of aryl methyl sites for hydroxylation is 1. The molecule has 1 aromatic heterocycles. The lowest BCUT2D eigenvalue weighted by Gasteiger charge is -2.27. The molecule has 27 heavy (non-hydrogen) atoms. The largest absolute Gasteiger partial charge is 0.464 e. The summed E-state index contributed by atoms with van der Waals surface area (Å²) in [5, 5.41) is 14.3. The molecule has 0 radical (unpaired) electrons. The minimum absolute atomic E-state index is 0.131. The fourth-order valence-electron chi connectivity index (χ4n) is 2.87. The minimum atomic E-state index is -3.92. The van der Waals surface area contributed by atoms with Crippen molar-refractivity contribution in [2.45, 2.75) is 24.8 Å². The molecule has 10 heteroatoms. The van der Waals surface area contributed by atoms with Gasteiger partial charge in [0.2, 0.25) is 10.0 Å². The maximum atomic E-state index is 13.1. The summed E-state index contributed by atoms with van der Waals surface area (Å²) in [6.45, 7) is 4.63. The molecule has 0 saturated carbocycles. The third-order valence-electron chi connectivity index (χ3n) is 4.32. The van der Waals surface area contributed by atoms with Crippen LogP contribution in [0.25, 0.3) is 0 Å². The first-order valence-electron chi connectivity index (χ1n) is 8.48. The smallest absolute Gasteiger partial charge is 0.270 e. The van der Waals surface area contributed by atoms with Crippen LogP contribution < -0.4 is 5.32 Å². The Morgan fingerprint density at radius 2 is 1.93 bits per heavy atom. The molecule has 146 valence electrons. The van der Waals surface area contributed by atoms with Crippen molar-refractivity contribution in [3.63, 3.8) is 0 Å². The van der Waals surface area contributed by atoms with Gasteiger partial charge in [0.25, 0.3) is 5.69 Å². The average Bonchev–Trinajstić information content (AvgIpc) is 3.09. The van der Waals surface area contributed by atoms with Gasteiger partial charge in [-0.25, -0.2) is 8.42 Å². The SMILES string of the molecule is Cc1ccc(C(C)Nc2ccc([N+](=O)[O-])cc2S(=O)(=O)N2CCOCC2)o1. The van der Waals surface area contributed by atoms with E-state index in [-0.39, 0.29) is 35.4 Å². The van der Waals surface area contributed by atoms with E-state index in [1.807, 2.05) is 19.9 Å². The Bertz CT molecular complexity index is 934. The predicted octanol–water partition coefficient (Wildman–Crippen LogP) is 2.69. The second kappa shape index (κ2) is 7.67. The molecule has 1 N–H and O–H groups in total. The van der Waals surface area contributed by atoms with Gasteiger partial charge in [-0.3, -0.25) is 10.1 Å². The van der Waals surface area contributed by atoms with E-state index in [2.05, 4.69) is 5.32 Å². The molecule has 1 fully saturated rings. The Labute approximate surface area is 157 Å². The van der Waals surface area contributed by atoms with Gasteiger partial charge in [-0.2, -0.15) is 4.31 Å². The lowest BCUT2D eigenvalue weighted by Crippen LogP contribution is -2.40. The van der Waals surface area contributed by atoms with Crippen LogP contribution in [0.1, 0.15) is 24.5 Å². The zero-order valence-electron chi connectivity index (χ0n) is 15.0. The van der Waals surface area contributed by atoms with Gasteiger partial charge in [0.05, 0.1) is 29.9 Å². The molecule has 1 atom stereocenters. The van der Waals surface area contributed by atoms with Gasteiger partial charge in [-0.1, -0.05) is 0 Å². The van der Waals surface area contributed by atoms with Crippen LogP contribution in [0, 0.1) is 17.0 Å². The molecule has 2 heterocycles. The molecule has 1 aliphatic rings. The number of nitro groups is 1. The van der Waals surface area contributed by atoms with Crippen LogP contribution in [0.5, 0.6) is 0 Å². The summed E-state index contributed by atoms with van der Waals surface area (Å²) < 4.78 is 38.2. The van der Waals surface area contributed by atoms with Crippen molar-refractivity contribution in [1.29, 1.82) is 0 Å². The van der Waals surface area contributed by atoms with E-state index in [4.69, 9.17) is 9.15 Å². The number of hydrogen-bond acceptors (Lipinski definition) is 7. The monoisotopic (exact) mass is 395 g/mol. The van der Waals surface area contributed by atoms with Crippen molar-refractivity contribution >= 4 is 21.4 Å². The minimum Gasteiger partial charge on any atom is -0.464 e. The molecule has 1 aliphatic heterocycles. The Morgan fingerprint density at radius 3 is 2.52 bits per heavy atom. The molecule has 0 bridgehead atoms. The van der Waals surface area contributed by atoms with Crippen LogP contribution in [-0.2, 0) is 14.8 Å². The Hall–Kier alpha value is -2.43. The van der Waals surface area contributed by atoms with Crippen molar-refractivity contribution in [3.8, 4) is 0 Å². The Morgan fingerprint density at radius 1 is 1.22 bits per heavy atom. The topological polar surface area (TPSA) is 115 Å². The standard InChI is InChI=1S/C17H21N3O6S/c1-12-3-6-16(26-12)13(2)18-15-5-4-14(20(21)22)11-17(15)27(23,24)19-7-9-25-10-8-19/h3-6,11,13,18H,7-10H2,1-2H3. The maximum Gasteiger partial charge on any atom is 0.270 e. The van der Waals surface area contributed by atoms with Crippen LogP contribution in [0.3, 0.4) is 0 Å². The molecular weight excluding hydrogens is 374 g/mol. The number of sulfonamides is 1. The highest BCUT2D eigenvalue weighted by molar-refractivity contribution is 7.89. The van der Waals surface area contributed by atoms with Crippen molar-refractivity contribution in [3.05, 3.63) is 52.0 Å². The molecule has 1 saturated heterocycles. The number of nitrogens with zero attached hydrogens (tertiary/aromatic N) is 2. The predicted molar refractivity (Wildman–Crippen MR) is 98.2 cm³/mol. The highest BCUT2D eigenvalue weighted by atomic mass is 32.2. The van der Waals surface area contributed by atoms with E-state index in [0.29, 0.717) is 19.0 Å². The third kappa shape index (κ3) is 4.12. The van der Waals surface area contributed by atoms with Crippen LogP contribution in [0.2, 0.25) is 0 Å². The van der Waals surface area contributed by atoms with Crippen LogP contribution in [0.4, 0.5) is 11.4 Å². The molecule has 0 spiro atoms. The summed E-state index contributed by atoms with van der Waals surface area (Å²) in [6, 6.07) is 7.08. The molecule has 0 aliphatic carbocycles. The third-order valence-corrected chi connectivity index (χ3v) is 6.26. The van der Waals surface area contributed by atoms with Gasteiger partial charge in [-0.15, -0.1) is 0 Å². The lowest BCUT2D eigenvalue weighted by molar-refractivity contribution is -0.385. The van der Waals surface area contributed by atoms with Crippen molar-refractivity contribution in [2.75, 3.05) is 31.6 Å². The van der Waals surface area contributed by atoms with Crippen molar-refractivity contribution in [2.24, 2.45) is 0 Å². The lowest BCUT2D eigenvalue weighted by atomic mass is 10.2. The highest BCUT2D eigenvalue weighted by Crippen LogP contribution is 2.32. The first-order valence-corrected chi connectivity index (χ1v) is 9.92. The number of benzene rings is 1. The Balaban J connectivity index is 1.99. The van der Waals surface area contributed by atoms with Gasteiger partial charge in [0, 0.05) is 25.2 Å². The number of non-ortho nitro benzene ring substituents is 1. The first kappa shape index (κ1) is 19.3. The van der Waals surface area contributed by atoms with E-state index in [0.717, 1.165) is 11.8 Å². The zero-order chi connectivity index (χ0) is 19.6. The molecule has 1 aromatic carbocycles. The van der Waals surface area contributed by atoms with Gasteiger partial charge in [-0.05, 0) is 32.0 Å². The second-order valence-electron chi connectivity index (χ2n) is 6.27. The van der Waals surface area contributed by atoms with Crippen LogP contribution in [-0.4, -0.2) is 43.9 Å². The quantitative estimate of drug-likeness (QED) is 0.590. The number of nitro benzene ring substituents is 1. The maximum absolute atomic E-state index is 13.1. The Kier molecular flexibility index (Phi) is 5.49. The summed E-state index contributed by atoms with van der Waals surface area (Å²) in [5.74, 6) is 1.38. The molecule has 0 amide bonds. The fraction of sp³-hybridized carbons (Fsp3) is 0.412. The van der Waals surface area contributed by atoms with E-state index < -0.39 is 14.9 Å². The van der Waals surface area contributed by atoms with Crippen LogP contribution >= 0.6 is 0 Å². The van der Waals surface area contributed by atoms with E-state index in [9.17, 15) is 18.5 Å². The van der Waals surface area contributed by atoms with E-state index in [1.54, 1.807) is 6.07 Å². The summed E-state index contributed by atoms with van der Waals surface area (Å²) >= 11 is 0. The first-order chi connectivity index (χ1) is 12.8. The summed E-state index contributed by atoms with van der Waals surface area (Å²) in [6.07, 6.45) is 0. The number of morpholine rings is 1. The van der Waals surface area contributed by atoms with Gasteiger partial charge in [0.1, 0.15) is 16.4 Å². The highest BCUT2D eigenvalue weighted by Gasteiger charge is 2.31. The number of nitrogens with one attached hydrogen (secondary N) is 1.